The summed E-state index contributed by atoms with van der Waals surface area (Å²) in [7, 11) is 1.99. The highest BCUT2D eigenvalue weighted by Gasteiger charge is 2.36. The average Bonchev–Trinajstić information content (AvgIpc) is 3.15. The first-order chi connectivity index (χ1) is 11.6. The van der Waals surface area contributed by atoms with Crippen LogP contribution in [0.3, 0.4) is 0 Å². The maximum Gasteiger partial charge on any atom is 0.223 e. The maximum atomic E-state index is 12.6. The highest BCUT2D eigenvalue weighted by Crippen LogP contribution is 2.18. The van der Waals surface area contributed by atoms with Crippen LogP contribution in [0.25, 0.3) is 0 Å². The van der Waals surface area contributed by atoms with Crippen LogP contribution in [0.15, 0.2) is 18.3 Å². The zero-order valence-corrected chi connectivity index (χ0v) is 14.6. The van der Waals surface area contributed by atoms with Crippen LogP contribution in [0.1, 0.15) is 25.0 Å². The van der Waals surface area contributed by atoms with E-state index in [0.717, 1.165) is 25.2 Å². The van der Waals surface area contributed by atoms with Crippen LogP contribution in [0.2, 0.25) is 0 Å². The lowest BCUT2D eigenvalue weighted by Crippen LogP contribution is -2.53. The molecule has 1 amide bonds. The van der Waals surface area contributed by atoms with E-state index in [1.54, 1.807) is 4.90 Å². The monoisotopic (exact) mass is 335 g/mol. The van der Waals surface area contributed by atoms with E-state index in [1.165, 1.54) is 12.8 Å². The van der Waals surface area contributed by atoms with E-state index in [0.29, 0.717) is 39.3 Å². The van der Waals surface area contributed by atoms with Gasteiger partial charge in [0.1, 0.15) is 5.60 Å². The molecule has 0 aromatic carbocycles. The van der Waals surface area contributed by atoms with E-state index in [-0.39, 0.29) is 5.91 Å². The molecule has 1 aromatic rings. The molecule has 0 aliphatic carbocycles. The van der Waals surface area contributed by atoms with Crippen molar-refractivity contribution in [3.8, 4) is 0 Å². The fraction of sp³-hybridized carbons (Fsp3) is 0.722. The van der Waals surface area contributed by atoms with Crippen molar-refractivity contribution in [3.05, 3.63) is 24.0 Å². The van der Waals surface area contributed by atoms with Crippen molar-refractivity contribution in [3.63, 3.8) is 0 Å². The first-order valence-corrected chi connectivity index (χ1v) is 8.96. The van der Waals surface area contributed by atoms with Crippen molar-refractivity contribution in [2.45, 2.75) is 31.3 Å². The number of ether oxygens (including phenoxy) is 1. The number of β-amino-alcohol motifs (C(OH)–C–C–N with tert-alkyl or cyclic N) is 1. The minimum Gasteiger partial charge on any atom is -0.384 e. The number of aliphatic hydroxyl groups is 1. The van der Waals surface area contributed by atoms with Crippen LogP contribution in [0, 0.1) is 0 Å². The molecule has 0 radical (unpaired) electrons. The Morgan fingerprint density at radius 2 is 2.12 bits per heavy atom. The second-order valence-electron chi connectivity index (χ2n) is 7.19. The number of likely N-dealkylation sites (tertiary alicyclic amines) is 1. The van der Waals surface area contributed by atoms with E-state index in [2.05, 4.69) is 4.90 Å². The van der Waals surface area contributed by atoms with Gasteiger partial charge in [-0.3, -0.25) is 4.79 Å². The van der Waals surface area contributed by atoms with Gasteiger partial charge >= 0.3 is 0 Å². The molecule has 6 nitrogen and oxygen atoms in total. The van der Waals surface area contributed by atoms with Crippen LogP contribution in [-0.2, 0) is 23.0 Å². The fourth-order valence-electron chi connectivity index (χ4n) is 3.73. The standard InChI is InChI=1S/C18H29N3O3/c1-19-8-4-5-16(19)6-7-17(22)21-11-12-24-15-18(23,14-21)13-20-9-2-3-10-20/h4-5,8,23H,2-3,6-7,9-15H2,1H3/t18-/m0/s1. The Morgan fingerprint density at radius 3 is 2.83 bits per heavy atom. The number of hydrogen-bond donors (Lipinski definition) is 1. The Labute approximate surface area is 144 Å². The highest BCUT2D eigenvalue weighted by atomic mass is 16.5. The highest BCUT2D eigenvalue weighted by molar-refractivity contribution is 5.76. The predicted molar refractivity (Wildman–Crippen MR) is 91.8 cm³/mol. The van der Waals surface area contributed by atoms with Gasteiger partial charge in [-0.25, -0.2) is 0 Å². The normalized spacial score (nSPS) is 25.8. The topological polar surface area (TPSA) is 57.9 Å². The second-order valence-corrected chi connectivity index (χ2v) is 7.19. The third-order valence-corrected chi connectivity index (χ3v) is 5.08. The van der Waals surface area contributed by atoms with Gasteiger partial charge in [0.25, 0.3) is 0 Å². The molecule has 0 bridgehead atoms. The molecule has 1 aromatic heterocycles. The van der Waals surface area contributed by atoms with Gasteiger partial charge in [0.05, 0.1) is 19.8 Å². The maximum absolute atomic E-state index is 12.6. The third kappa shape index (κ3) is 4.37. The number of nitrogens with zero attached hydrogens (tertiary/aromatic N) is 3. The van der Waals surface area contributed by atoms with Gasteiger partial charge in [-0.05, 0) is 44.5 Å². The van der Waals surface area contributed by atoms with Crippen LogP contribution in [0.4, 0.5) is 0 Å². The molecule has 6 heteroatoms. The van der Waals surface area contributed by atoms with Gasteiger partial charge < -0.3 is 24.2 Å². The molecule has 1 atom stereocenters. The summed E-state index contributed by atoms with van der Waals surface area (Å²) in [5.41, 5.74) is 0.198. The minimum absolute atomic E-state index is 0.0987. The van der Waals surface area contributed by atoms with Crippen LogP contribution in [0.5, 0.6) is 0 Å². The molecule has 2 fully saturated rings. The molecule has 3 rings (SSSR count). The van der Waals surface area contributed by atoms with E-state index in [9.17, 15) is 9.90 Å². The number of aromatic nitrogens is 1. The summed E-state index contributed by atoms with van der Waals surface area (Å²) in [6.07, 6.45) is 5.57. The molecular weight excluding hydrogens is 306 g/mol. The van der Waals surface area contributed by atoms with Gasteiger partial charge in [-0.2, -0.15) is 0 Å². The summed E-state index contributed by atoms with van der Waals surface area (Å²) in [5.74, 6) is 0.0987. The zero-order valence-electron chi connectivity index (χ0n) is 14.6. The summed E-state index contributed by atoms with van der Waals surface area (Å²) in [5, 5.41) is 11.0. The Morgan fingerprint density at radius 1 is 1.33 bits per heavy atom. The smallest absolute Gasteiger partial charge is 0.223 e. The lowest BCUT2D eigenvalue weighted by Gasteiger charge is -2.34. The van der Waals surface area contributed by atoms with Gasteiger partial charge in [-0.1, -0.05) is 0 Å². The summed E-state index contributed by atoms with van der Waals surface area (Å²) >= 11 is 0. The second kappa shape index (κ2) is 7.68. The first kappa shape index (κ1) is 17.5. The van der Waals surface area contributed by atoms with Crippen LogP contribution >= 0.6 is 0 Å². The molecule has 0 spiro atoms. The third-order valence-electron chi connectivity index (χ3n) is 5.08. The quantitative estimate of drug-likeness (QED) is 0.858. The van der Waals surface area contributed by atoms with Crippen molar-refractivity contribution < 1.29 is 14.6 Å². The molecule has 3 heterocycles. The lowest BCUT2D eigenvalue weighted by molar-refractivity contribution is -0.134. The van der Waals surface area contributed by atoms with Crippen molar-refractivity contribution in [2.75, 3.05) is 45.9 Å². The van der Waals surface area contributed by atoms with Gasteiger partial charge in [0.2, 0.25) is 5.91 Å². The number of hydrogen-bond acceptors (Lipinski definition) is 4. The number of aryl methyl sites for hydroxylation is 2. The Balaban J connectivity index is 1.57. The van der Waals surface area contributed by atoms with Crippen LogP contribution < -0.4 is 0 Å². The van der Waals surface area contributed by atoms with Gasteiger partial charge in [0.15, 0.2) is 0 Å². The molecular formula is C18H29N3O3. The van der Waals surface area contributed by atoms with E-state index >= 15 is 0 Å². The van der Waals surface area contributed by atoms with Crippen molar-refractivity contribution >= 4 is 5.91 Å². The summed E-state index contributed by atoms with van der Waals surface area (Å²) in [6.45, 7) is 4.40. The first-order valence-electron chi connectivity index (χ1n) is 8.96. The molecule has 2 aliphatic heterocycles. The molecule has 0 unspecified atom stereocenters. The molecule has 1 N–H and O–H groups in total. The van der Waals surface area contributed by atoms with E-state index in [1.807, 2.05) is 29.9 Å². The largest absolute Gasteiger partial charge is 0.384 e. The number of carbonyl (C=O) groups excluding carboxylic acids is 1. The number of carbonyl (C=O) groups is 1. The molecule has 134 valence electrons. The molecule has 2 saturated heterocycles. The summed E-state index contributed by atoms with van der Waals surface area (Å²) in [6, 6.07) is 4.04. The summed E-state index contributed by atoms with van der Waals surface area (Å²) < 4.78 is 7.64. The molecule has 24 heavy (non-hydrogen) atoms. The number of amides is 1. The molecule has 0 saturated carbocycles. The summed E-state index contributed by atoms with van der Waals surface area (Å²) in [4.78, 5) is 16.7. The zero-order chi connectivity index (χ0) is 17.0. The SMILES string of the molecule is Cn1cccc1CCC(=O)N1CCOC[C@](O)(CN2CCCC2)C1. The Hall–Kier alpha value is -1.37. The van der Waals surface area contributed by atoms with E-state index in [4.69, 9.17) is 4.74 Å². The van der Waals surface area contributed by atoms with Gasteiger partial charge in [0, 0.05) is 38.4 Å². The van der Waals surface area contributed by atoms with Crippen LogP contribution in [-0.4, -0.2) is 76.9 Å². The van der Waals surface area contributed by atoms with Crippen molar-refractivity contribution in [1.82, 2.24) is 14.4 Å². The van der Waals surface area contributed by atoms with Crippen molar-refractivity contribution in [1.29, 1.82) is 0 Å². The predicted octanol–water partition coefficient (Wildman–Crippen LogP) is 0.643. The molecule has 2 aliphatic rings. The fourth-order valence-corrected chi connectivity index (χ4v) is 3.73. The Kier molecular flexibility index (Phi) is 5.58. The van der Waals surface area contributed by atoms with Gasteiger partial charge in [-0.15, -0.1) is 0 Å². The lowest BCUT2D eigenvalue weighted by atomic mass is 10.0. The number of rotatable bonds is 5. The van der Waals surface area contributed by atoms with Crippen molar-refractivity contribution in [2.24, 2.45) is 7.05 Å². The minimum atomic E-state index is -0.957. The van der Waals surface area contributed by atoms with E-state index < -0.39 is 5.60 Å². The Bertz CT molecular complexity index is 553. The average molecular weight is 335 g/mol.